The molecule has 0 atom stereocenters. The van der Waals surface area contributed by atoms with Gasteiger partial charge in [0.2, 0.25) is 0 Å². The van der Waals surface area contributed by atoms with E-state index >= 15 is 0 Å². The largest absolute Gasteiger partial charge is 0.433 e. The molecule has 1 aromatic carbocycles. The number of nitrogens with zero attached hydrogens (tertiary/aromatic N) is 2. The fourth-order valence-electron chi connectivity index (χ4n) is 1.95. The minimum absolute atomic E-state index is 0.426. The zero-order valence-corrected chi connectivity index (χ0v) is 12.0. The highest BCUT2D eigenvalue weighted by Crippen LogP contribution is 2.31. The minimum Gasteiger partial charge on any atom is -0.399 e. The van der Waals surface area contributed by atoms with Gasteiger partial charge in [-0.25, -0.2) is 4.98 Å². The second-order valence-electron chi connectivity index (χ2n) is 4.62. The number of nitrogens with two attached hydrogens (primary N) is 1. The van der Waals surface area contributed by atoms with Gasteiger partial charge >= 0.3 is 6.18 Å². The third-order valence-electron chi connectivity index (χ3n) is 2.95. The van der Waals surface area contributed by atoms with Crippen LogP contribution < -0.4 is 5.73 Å². The molecule has 0 amide bonds. The number of anilines is 1. The third kappa shape index (κ3) is 3.16. The summed E-state index contributed by atoms with van der Waals surface area (Å²) in [7, 11) is 0. The third-order valence-corrected chi connectivity index (χ3v) is 3.96. The number of pyridine rings is 1. The summed E-state index contributed by atoms with van der Waals surface area (Å²) in [5.74, 6) is 1.10. The molecule has 0 saturated carbocycles. The van der Waals surface area contributed by atoms with Gasteiger partial charge in [-0.1, -0.05) is 0 Å². The van der Waals surface area contributed by atoms with E-state index in [0.717, 1.165) is 23.3 Å². The van der Waals surface area contributed by atoms with Crippen LogP contribution in [0.4, 0.5) is 18.9 Å². The van der Waals surface area contributed by atoms with Gasteiger partial charge in [-0.3, -0.25) is 4.98 Å². The molecule has 0 bridgehead atoms. The Balaban J connectivity index is 1.76. The molecule has 0 unspecified atom stereocenters. The molecule has 2 heterocycles. The number of alkyl halides is 3. The standard InChI is InChI=1S/C14H11F3N4S/c15-14(16,17)12-6-9(3-4-19-12)22-7-13-20-10-2-1-8(18)5-11(10)21-13/h1-6H,7,18H2,(H,20,21). The second kappa shape index (κ2) is 5.53. The number of nitrogens with one attached hydrogen (secondary N) is 1. The highest BCUT2D eigenvalue weighted by atomic mass is 32.2. The minimum atomic E-state index is -4.44. The Morgan fingerprint density at radius 3 is 2.77 bits per heavy atom. The molecule has 0 aliphatic carbocycles. The molecular weight excluding hydrogens is 313 g/mol. The molecule has 0 aliphatic heterocycles. The van der Waals surface area contributed by atoms with E-state index < -0.39 is 11.9 Å². The molecular formula is C14H11F3N4S. The van der Waals surface area contributed by atoms with Crippen LogP contribution in [0.5, 0.6) is 0 Å². The van der Waals surface area contributed by atoms with Gasteiger partial charge in [-0.2, -0.15) is 13.2 Å². The molecule has 0 radical (unpaired) electrons. The Labute approximate surface area is 128 Å². The number of benzene rings is 1. The van der Waals surface area contributed by atoms with Crippen LogP contribution in [0.3, 0.4) is 0 Å². The average molecular weight is 324 g/mol. The molecule has 3 rings (SSSR count). The first-order valence-electron chi connectivity index (χ1n) is 6.32. The summed E-state index contributed by atoms with van der Waals surface area (Å²) < 4.78 is 37.8. The summed E-state index contributed by atoms with van der Waals surface area (Å²) in [5.41, 5.74) is 6.98. The number of thioether (sulfide) groups is 1. The number of nitrogen functional groups attached to an aromatic ring is 1. The number of imidazole rings is 1. The predicted octanol–water partition coefficient (Wildman–Crippen LogP) is 3.85. The van der Waals surface area contributed by atoms with Crippen molar-refractivity contribution < 1.29 is 13.2 Å². The summed E-state index contributed by atoms with van der Waals surface area (Å²) in [6.45, 7) is 0. The van der Waals surface area contributed by atoms with E-state index in [2.05, 4.69) is 15.0 Å². The zero-order valence-electron chi connectivity index (χ0n) is 11.2. The first-order valence-corrected chi connectivity index (χ1v) is 7.30. The molecule has 8 heteroatoms. The summed E-state index contributed by atoms with van der Waals surface area (Å²) in [6.07, 6.45) is -3.28. The Morgan fingerprint density at radius 2 is 2.00 bits per heavy atom. The van der Waals surface area contributed by atoms with Gasteiger partial charge in [0.15, 0.2) is 0 Å². The highest BCUT2D eigenvalue weighted by Gasteiger charge is 2.32. The van der Waals surface area contributed by atoms with Gasteiger partial charge in [0.05, 0.1) is 16.8 Å². The van der Waals surface area contributed by atoms with Crippen molar-refractivity contribution in [3.8, 4) is 0 Å². The lowest BCUT2D eigenvalue weighted by molar-refractivity contribution is -0.141. The quantitative estimate of drug-likeness (QED) is 0.567. The van der Waals surface area contributed by atoms with E-state index in [9.17, 15) is 13.2 Å². The molecule has 22 heavy (non-hydrogen) atoms. The fraction of sp³-hybridized carbons (Fsp3) is 0.143. The number of rotatable bonds is 3. The van der Waals surface area contributed by atoms with Crippen LogP contribution in [0.25, 0.3) is 11.0 Å². The maximum Gasteiger partial charge on any atom is 0.433 e. The first kappa shape index (κ1) is 14.7. The lowest BCUT2D eigenvalue weighted by atomic mass is 10.3. The molecule has 0 fully saturated rings. The number of hydrogen-bond acceptors (Lipinski definition) is 4. The predicted molar refractivity (Wildman–Crippen MR) is 79.3 cm³/mol. The van der Waals surface area contributed by atoms with Gasteiger partial charge < -0.3 is 10.7 Å². The fourth-order valence-corrected chi connectivity index (χ4v) is 2.74. The van der Waals surface area contributed by atoms with Crippen molar-refractivity contribution >= 4 is 28.5 Å². The topological polar surface area (TPSA) is 67.6 Å². The molecule has 3 aromatic rings. The highest BCUT2D eigenvalue weighted by molar-refractivity contribution is 7.98. The van der Waals surface area contributed by atoms with Gasteiger partial charge in [0, 0.05) is 16.8 Å². The van der Waals surface area contributed by atoms with Crippen molar-refractivity contribution in [3.63, 3.8) is 0 Å². The number of H-pyrrole nitrogens is 1. The number of halogens is 3. The van der Waals surface area contributed by atoms with E-state index in [-0.39, 0.29) is 0 Å². The molecule has 0 saturated heterocycles. The Bertz CT molecular complexity index is 813. The molecule has 0 spiro atoms. The Kier molecular flexibility index (Phi) is 3.69. The van der Waals surface area contributed by atoms with Crippen LogP contribution in [0.1, 0.15) is 11.5 Å². The molecule has 114 valence electrons. The lowest BCUT2D eigenvalue weighted by Crippen LogP contribution is -2.07. The van der Waals surface area contributed by atoms with Gasteiger partial charge in [0.25, 0.3) is 0 Å². The average Bonchev–Trinajstić information content (AvgIpc) is 2.86. The van der Waals surface area contributed by atoms with Gasteiger partial charge in [-0.05, 0) is 30.3 Å². The molecule has 3 N–H and O–H groups in total. The normalized spacial score (nSPS) is 12.0. The van der Waals surface area contributed by atoms with Crippen LogP contribution in [0.15, 0.2) is 41.4 Å². The van der Waals surface area contributed by atoms with Gasteiger partial charge in [0.1, 0.15) is 11.5 Å². The maximum atomic E-state index is 12.6. The lowest BCUT2D eigenvalue weighted by Gasteiger charge is -2.06. The van der Waals surface area contributed by atoms with Crippen molar-refractivity contribution in [1.29, 1.82) is 0 Å². The monoisotopic (exact) mass is 324 g/mol. The second-order valence-corrected chi connectivity index (χ2v) is 5.67. The van der Waals surface area contributed by atoms with Crippen molar-refractivity contribution in [3.05, 3.63) is 48.0 Å². The molecule has 2 aromatic heterocycles. The van der Waals surface area contributed by atoms with Crippen LogP contribution in [-0.4, -0.2) is 15.0 Å². The number of aromatic amines is 1. The summed E-state index contributed by atoms with van der Waals surface area (Å²) in [5, 5.41) is 0. The van der Waals surface area contributed by atoms with E-state index in [1.807, 2.05) is 6.07 Å². The number of aromatic nitrogens is 3. The summed E-state index contributed by atoms with van der Waals surface area (Å²) in [4.78, 5) is 11.3. The van der Waals surface area contributed by atoms with Crippen molar-refractivity contribution in [2.24, 2.45) is 0 Å². The van der Waals surface area contributed by atoms with E-state index in [4.69, 9.17) is 5.73 Å². The zero-order chi connectivity index (χ0) is 15.7. The van der Waals surface area contributed by atoms with E-state index in [1.54, 1.807) is 18.2 Å². The van der Waals surface area contributed by atoms with Crippen LogP contribution in [0, 0.1) is 0 Å². The van der Waals surface area contributed by atoms with Gasteiger partial charge in [-0.15, -0.1) is 11.8 Å². The van der Waals surface area contributed by atoms with E-state index in [1.165, 1.54) is 11.8 Å². The summed E-state index contributed by atoms with van der Waals surface area (Å²) >= 11 is 1.26. The first-order chi connectivity index (χ1) is 10.4. The smallest absolute Gasteiger partial charge is 0.399 e. The number of fused-ring (bicyclic) bond motifs is 1. The van der Waals surface area contributed by atoms with Crippen LogP contribution in [-0.2, 0) is 11.9 Å². The van der Waals surface area contributed by atoms with E-state index in [0.29, 0.717) is 22.2 Å². The van der Waals surface area contributed by atoms with Crippen molar-refractivity contribution in [2.75, 3.05) is 5.73 Å². The Morgan fingerprint density at radius 1 is 1.18 bits per heavy atom. The molecule has 4 nitrogen and oxygen atoms in total. The van der Waals surface area contributed by atoms with Crippen molar-refractivity contribution in [1.82, 2.24) is 15.0 Å². The van der Waals surface area contributed by atoms with Crippen molar-refractivity contribution in [2.45, 2.75) is 16.8 Å². The number of hydrogen-bond donors (Lipinski definition) is 2. The van der Waals surface area contributed by atoms with Crippen LogP contribution >= 0.6 is 11.8 Å². The SMILES string of the molecule is Nc1ccc2[nH]c(CSc3ccnc(C(F)(F)F)c3)nc2c1. The Hall–Kier alpha value is -2.22. The molecule has 0 aliphatic rings. The maximum absolute atomic E-state index is 12.6. The summed E-state index contributed by atoms with van der Waals surface area (Å²) in [6, 6.07) is 7.90. The van der Waals surface area contributed by atoms with Crippen LogP contribution in [0.2, 0.25) is 0 Å².